The highest BCUT2D eigenvalue weighted by atomic mass is 16.5. The van der Waals surface area contributed by atoms with Crippen molar-refractivity contribution >= 4 is 5.91 Å². The molecule has 5 heteroatoms. The molecule has 0 saturated heterocycles. The van der Waals surface area contributed by atoms with Gasteiger partial charge in [0.15, 0.2) is 11.5 Å². The third kappa shape index (κ3) is 3.99. The summed E-state index contributed by atoms with van der Waals surface area (Å²) in [6, 6.07) is 13.7. The predicted molar refractivity (Wildman–Crippen MR) is 109 cm³/mol. The van der Waals surface area contributed by atoms with Crippen molar-refractivity contribution in [2.24, 2.45) is 0 Å². The van der Waals surface area contributed by atoms with Crippen LogP contribution < -0.4 is 14.8 Å². The fourth-order valence-electron chi connectivity index (χ4n) is 3.92. The van der Waals surface area contributed by atoms with Gasteiger partial charge in [-0.3, -0.25) is 4.79 Å². The SMILES string of the molecule is COc1cc2c(cc1OC)C(O)(CNC(=O)CC(C)(C)c1ccccc1)CC2. The summed E-state index contributed by atoms with van der Waals surface area (Å²) in [5.74, 6) is 1.16. The van der Waals surface area contributed by atoms with Crippen LogP contribution in [0.1, 0.15) is 43.4 Å². The lowest BCUT2D eigenvalue weighted by Gasteiger charge is -2.28. The van der Waals surface area contributed by atoms with Crippen LogP contribution in [-0.4, -0.2) is 31.8 Å². The van der Waals surface area contributed by atoms with E-state index in [1.807, 2.05) is 42.5 Å². The van der Waals surface area contributed by atoms with Crippen molar-refractivity contribution in [2.75, 3.05) is 20.8 Å². The van der Waals surface area contributed by atoms with Gasteiger partial charge in [0.2, 0.25) is 5.91 Å². The quantitative estimate of drug-likeness (QED) is 0.770. The van der Waals surface area contributed by atoms with Crippen molar-refractivity contribution in [2.45, 2.75) is 44.1 Å². The molecular formula is C23H29NO4. The van der Waals surface area contributed by atoms with Gasteiger partial charge in [-0.2, -0.15) is 0 Å². The second kappa shape index (κ2) is 7.84. The number of carbonyl (C=O) groups excluding carboxylic acids is 1. The molecule has 1 atom stereocenters. The Morgan fingerprint density at radius 3 is 2.43 bits per heavy atom. The number of benzene rings is 2. The molecule has 2 N–H and O–H groups in total. The summed E-state index contributed by atoms with van der Waals surface area (Å²) in [6.07, 6.45) is 1.64. The molecule has 0 aromatic heterocycles. The molecule has 1 unspecified atom stereocenters. The molecule has 2 aromatic carbocycles. The molecule has 0 heterocycles. The number of ether oxygens (including phenoxy) is 2. The number of amides is 1. The van der Waals surface area contributed by atoms with Gasteiger partial charge in [0.25, 0.3) is 0 Å². The molecule has 2 aromatic rings. The van der Waals surface area contributed by atoms with Crippen molar-refractivity contribution in [1.29, 1.82) is 0 Å². The molecule has 1 aliphatic carbocycles. The van der Waals surface area contributed by atoms with Gasteiger partial charge in [0, 0.05) is 6.42 Å². The smallest absolute Gasteiger partial charge is 0.220 e. The standard InChI is InChI=1S/C23H29NO4/c1-22(2,17-8-6-5-7-9-17)14-21(25)24-15-23(26)11-10-16-12-19(27-3)20(28-4)13-18(16)23/h5-9,12-13,26H,10-11,14-15H2,1-4H3,(H,24,25). The number of hydrogen-bond donors (Lipinski definition) is 2. The van der Waals surface area contributed by atoms with Crippen LogP contribution in [0.15, 0.2) is 42.5 Å². The second-order valence-corrected chi connectivity index (χ2v) is 8.10. The van der Waals surface area contributed by atoms with Crippen LogP contribution in [0.25, 0.3) is 0 Å². The van der Waals surface area contributed by atoms with E-state index in [4.69, 9.17) is 9.47 Å². The lowest BCUT2D eigenvalue weighted by Crippen LogP contribution is -2.41. The van der Waals surface area contributed by atoms with E-state index >= 15 is 0 Å². The maximum atomic E-state index is 12.6. The summed E-state index contributed by atoms with van der Waals surface area (Å²) in [5.41, 5.74) is 1.57. The summed E-state index contributed by atoms with van der Waals surface area (Å²) in [4.78, 5) is 12.6. The molecule has 0 aliphatic heterocycles. The number of hydrogen-bond acceptors (Lipinski definition) is 4. The first-order valence-electron chi connectivity index (χ1n) is 9.59. The molecule has 3 rings (SSSR count). The summed E-state index contributed by atoms with van der Waals surface area (Å²) in [5, 5.41) is 14.1. The Balaban J connectivity index is 1.69. The van der Waals surface area contributed by atoms with Gasteiger partial charge in [-0.1, -0.05) is 44.2 Å². The van der Waals surface area contributed by atoms with Crippen molar-refractivity contribution in [3.63, 3.8) is 0 Å². The van der Waals surface area contributed by atoms with Crippen LogP contribution >= 0.6 is 0 Å². The fourth-order valence-corrected chi connectivity index (χ4v) is 3.92. The van der Waals surface area contributed by atoms with E-state index < -0.39 is 5.60 Å². The number of nitrogens with one attached hydrogen (secondary N) is 1. The maximum Gasteiger partial charge on any atom is 0.220 e. The van der Waals surface area contributed by atoms with E-state index in [1.165, 1.54) is 0 Å². The minimum atomic E-state index is -1.10. The van der Waals surface area contributed by atoms with Gasteiger partial charge in [-0.25, -0.2) is 0 Å². The molecule has 0 saturated carbocycles. The third-order valence-electron chi connectivity index (χ3n) is 5.65. The van der Waals surface area contributed by atoms with Gasteiger partial charge < -0.3 is 19.9 Å². The largest absolute Gasteiger partial charge is 0.493 e. The zero-order chi connectivity index (χ0) is 20.4. The second-order valence-electron chi connectivity index (χ2n) is 8.10. The van der Waals surface area contributed by atoms with E-state index in [0.29, 0.717) is 24.3 Å². The monoisotopic (exact) mass is 383 g/mol. The molecule has 5 nitrogen and oxygen atoms in total. The molecule has 150 valence electrons. The predicted octanol–water partition coefficient (Wildman–Crippen LogP) is 3.32. The van der Waals surface area contributed by atoms with Gasteiger partial charge in [0.1, 0.15) is 5.60 Å². The summed E-state index contributed by atoms with van der Waals surface area (Å²) < 4.78 is 10.7. The average molecular weight is 383 g/mol. The number of fused-ring (bicyclic) bond motifs is 1. The molecule has 0 spiro atoms. The van der Waals surface area contributed by atoms with Crippen molar-refractivity contribution < 1.29 is 19.4 Å². The first-order chi connectivity index (χ1) is 13.3. The van der Waals surface area contributed by atoms with E-state index in [2.05, 4.69) is 19.2 Å². The molecule has 0 radical (unpaired) electrons. The molecule has 0 bridgehead atoms. The first-order valence-corrected chi connectivity index (χ1v) is 9.59. The van der Waals surface area contributed by atoms with Crippen LogP contribution in [0, 0.1) is 0 Å². The molecule has 1 aliphatic rings. The van der Waals surface area contributed by atoms with Crippen molar-refractivity contribution in [1.82, 2.24) is 5.32 Å². The number of aliphatic hydroxyl groups is 1. The zero-order valence-corrected chi connectivity index (χ0v) is 17.0. The summed E-state index contributed by atoms with van der Waals surface area (Å²) >= 11 is 0. The Morgan fingerprint density at radius 2 is 1.79 bits per heavy atom. The van der Waals surface area contributed by atoms with Crippen LogP contribution in [0.3, 0.4) is 0 Å². The highest BCUT2D eigenvalue weighted by molar-refractivity contribution is 5.77. The van der Waals surface area contributed by atoms with Crippen LogP contribution in [0.2, 0.25) is 0 Å². The van der Waals surface area contributed by atoms with E-state index in [-0.39, 0.29) is 17.9 Å². The van der Waals surface area contributed by atoms with Crippen molar-refractivity contribution in [3.05, 3.63) is 59.2 Å². The number of methoxy groups -OCH3 is 2. The Morgan fingerprint density at radius 1 is 1.14 bits per heavy atom. The molecular weight excluding hydrogens is 354 g/mol. The highest BCUT2D eigenvalue weighted by Gasteiger charge is 2.38. The number of carbonyl (C=O) groups is 1. The first kappa shape index (κ1) is 20.2. The third-order valence-corrected chi connectivity index (χ3v) is 5.65. The minimum Gasteiger partial charge on any atom is -0.493 e. The van der Waals surface area contributed by atoms with E-state index in [9.17, 15) is 9.90 Å². The van der Waals surface area contributed by atoms with E-state index in [0.717, 1.165) is 23.1 Å². The fraction of sp³-hybridized carbons (Fsp3) is 0.435. The Kier molecular flexibility index (Phi) is 5.66. The van der Waals surface area contributed by atoms with E-state index in [1.54, 1.807) is 14.2 Å². The van der Waals surface area contributed by atoms with Gasteiger partial charge in [0.05, 0.1) is 20.8 Å². The Bertz CT molecular complexity index is 847. The van der Waals surface area contributed by atoms with Gasteiger partial charge in [-0.05, 0) is 47.1 Å². The van der Waals surface area contributed by atoms with Crippen molar-refractivity contribution in [3.8, 4) is 11.5 Å². The number of rotatable bonds is 7. The lowest BCUT2D eigenvalue weighted by atomic mass is 9.81. The highest BCUT2D eigenvalue weighted by Crippen LogP contribution is 2.42. The maximum absolute atomic E-state index is 12.6. The van der Waals surface area contributed by atoms with Crippen LogP contribution in [0.5, 0.6) is 11.5 Å². The average Bonchev–Trinajstić information content (AvgIpc) is 3.02. The minimum absolute atomic E-state index is 0.0730. The topological polar surface area (TPSA) is 67.8 Å². The molecule has 0 fully saturated rings. The normalized spacial score (nSPS) is 18.5. The van der Waals surface area contributed by atoms with Gasteiger partial charge in [-0.15, -0.1) is 0 Å². The zero-order valence-electron chi connectivity index (χ0n) is 17.0. The van der Waals surface area contributed by atoms with Crippen LogP contribution in [-0.2, 0) is 22.2 Å². The number of aryl methyl sites for hydroxylation is 1. The lowest BCUT2D eigenvalue weighted by molar-refractivity contribution is -0.123. The van der Waals surface area contributed by atoms with Gasteiger partial charge >= 0.3 is 0 Å². The Hall–Kier alpha value is -2.53. The van der Waals surface area contributed by atoms with Crippen LogP contribution in [0.4, 0.5) is 0 Å². The Labute approximate surface area is 166 Å². The molecule has 28 heavy (non-hydrogen) atoms. The molecule has 1 amide bonds. The summed E-state index contributed by atoms with van der Waals surface area (Å²) in [7, 11) is 3.17. The summed E-state index contributed by atoms with van der Waals surface area (Å²) in [6.45, 7) is 4.29.